The fourth-order valence-electron chi connectivity index (χ4n) is 3.10. The van der Waals surface area contributed by atoms with Crippen LogP contribution in [0.3, 0.4) is 0 Å². The summed E-state index contributed by atoms with van der Waals surface area (Å²) in [4.78, 5) is 24.1. The van der Waals surface area contributed by atoms with E-state index >= 15 is 0 Å². The number of benzene rings is 1. The van der Waals surface area contributed by atoms with Gasteiger partial charge in [0, 0.05) is 18.7 Å². The largest absolute Gasteiger partial charge is 0.468 e. The third kappa shape index (κ3) is 6.03. The molecule has 31 heavy (non-hydrogen) atoms. The fourth-order valence-corrected chi connectivity index (χ4v) is 6.22. The average Bonchev–Trinajstić information content (AvgIpc) is 3.01. The molecule has 1 amide bonds. The second-order valence-corrected chi connectivity index (χ2v) is 11.1. The van der Waals surface area contributed by atoms with Gasteiger partial charge in [-0.25, -0.2) is 8.42 Å². The van der Waals surface area contributed by atoms with Crippen LogP contribution in [0.4, 0.5) is 5.13 Å². The van der Waals surface area contributed by atoms with Gasteiger partial charge in [0.05, 0.1) is 17.8 Å². The number of aromatic nitrogens is 2. The van der Waals surface area contributed by atoms with Crippen molar-refractivity contribution in [3.63, 3.8) is 0 Å². The quantitative estimate of drug-likeness (QED) is 0.362. The molecular weight excluding hydrogens is 460 g/mol. The molecule has 0 unspecified atom stereocenters. The van der Waals surface area contributed by atoms with Crippen molar-refractivity contribution in [1.82, 2.24) is 14.5 Å². The lowest BCUT2D eigenvalue weighted by Gasteiger charge is -2.20. The van der Waals surface area contributed by atoms with Crippen LogP contribution < -0.4 is 5.32 Å². The number of sulfonamides is 1. The smallest absolute Gasteiger partial charge is 0.316 e. The molecule has 0 saturated carbocycles. The van der Waals surface area contributed by atoms with E-state index in [2.05, 4.69) is 20.3 Å². The Labute approximate surface area is 189 Å². The molecular formula is C19H24N4O5S3. The summed E-state index contributed by atoms with van der Waals surface area (Å²) in [7, 11) is -2.36. The number of hydrogen-bond donors (Lipinski definition) is 1. The third-order valence-electron chi connectivity index (χ3n) is 4.82. The molecule has 0 bridgehead atoms. The summed E-state index contributed by atoms with van der Waals surface area (Å²) < 4.78 is 32.7. The molecule has 1 aromatic carbocycles. The van der Waals surface area contributed by atoms with Crippen LogP contribution in [0, 0.1) is 6.92 Å². The van der Waals surface area contributed by atoms with E-state index in [0.717, 1.165) is 48.8 Å². The molecule has 1 N–H and O–H groups in total. The van der Waals surface area contributed by atoms with Gasteiger partial charge in [-0.2, -0.15) is 4.31 Å². The summed E-state index contributed by atoms with van der Waals surface area (Å²) in [5.41, 5.74) is 0.909. The molecule has 1 aliphatic heterocycles. The monoisotopic (exact) mass is 484 g/mol. The minimum absolute atomic E-state index is 0.0919. The summed E-state index contributed by atoms with van der Waals surface area (Å²) >= 11 is 2.28. The van der Waals surface area contributed by atoms with Crippen LogP contribution in [0.15, 0.2) is 27.4 Å². The predicted molar refractivity (Wildman–Crippen MR) is 119 cm³/mol. The van der Waals surface area contributed by atoms with Crippen molar-refractivity contribution in [3.8, 4) is 0 Å². The number of aryl methyl sites for hydroxylation is 1. The Hall–Kier alpha value is -2.02. The topological polar surface area (TPSA) is 119 Å². The average molecular weight is 485 g/mol. The molecule has 2 aromatic rings. The van der Waals surface area contributed by atoms with Crippen molar-refractivity contribution >= 4 is 50.1 Å². The highest BCUT2D eigenvalue weighted by atomic mass is 32.2. The van der Waals surface area contributed by atoms with Crippen molar-refractivity contribution in [2.75, 3.05) is 31.3 Å². The zero-order chi connectivity index (χ0) is 22.4. The van der Waals surface area contributed by atoms with E-state index in [1.54, 1.807) is 19.1 Å². The number of nitrogens with zero attached hydrogens (tertiary/aromatic N) is 3. The van der Waals surface area contributed by atoms with Crippen LogP contribution in [-0.2, 0) is 19.6 Å². The number of esters is 1. The molecule has 0 atom stereocenters. The van der Waals surface area contributed by atoms with E-state index in [9.17, 15) is 18.0 Å². The number of carbonyl (C=O) groups is 2. The number of thioether (sulfide) groups is 1. The molecule has 1 aliphatic rings. The minimum atomic E-state index is -3.66. The summed E-state index contributed by atoms with van der Waals surface area (Å²) in [5, 5.41) is 10.8. The number of carbonyl (C=O) groups excluding carboxylic acids is 2. The van der Waals surface area contributed by atoms with Gasteiger partial charge in [0.25, 0.3) is 5.91 Å². The zero-order valence-electron chi connectivity index (χ0n) is 17.3. The second kappa shape index (κ2) is 10.5. The molecule has 0 spiro atoms. The molecule has 9 nitrogen and oxygen atoms in total. The number of amides is 1. The maximum Gasteiger partial charge on any atom is 0.316 e. The molecule has 2 heterocycles. The Kier molecular flexibility index (Phi) is 8.03. The van der Waals surface area contributed by atoms with Crippen LogP contribution in [-0.4, -0.2) is 60.7 Å². The van der Waals surface area contributed by atoms with Crippen molar-refractivity contribution < 1.29 is 22.7 Å². The van der Waals surface area contributed by atoms with Crippen LogP contribution in [0.5, 0.6) is 0 Å². The number of rotatable bonds is 7. The minimum Gasteiger partial charge on any atom is -0.468 e. The van der Waals surface area contributed by atoms with E-state index in [1.165, 1.54) is 17.5 Å². The zero-order valence-corrected chi connectivity index (χ0v) is 19.7. The normalized spacial score (nSPS) is 15.3. The SMILES string of the molecule is COC(=O)CSc1nnc(NC(=O)c2cc(S(=O)(=O)N3CCCCCC3)ccc2C)s1. The van der Waals surface area contributed by atoms with E-state index in [-0.39, 0.29) is 27.3 Å². The van der Waals surface area contributed by atoms with Gasteiger partial charge in [-0.15, -0.1) is 10.2 Å². The second-order valence-electron chi connectivity index (χ2n) is 6.99. The molecule has 1 aromatic heterocycles. The lowest BCUT2D eigenvalue weighted by atomic mass is 10.1. The van der Waals surface area contributed by atoms with Gasteiger partial charge in [0.2, 0.25) is 15.2 Å². The first-order valence-electron chi connectivity index (χ1n) is 9.76. The van der Waals surface area contributed by atoms with Gasteiger partial charge in [-0.1, -0.05) is 42.0 Å². The predicted octanol–water partition coefficient (Wildman–Crippen LogP) is 2.93. The van der Waals surface area contributed by atoms with Gasteiger partial charge < -0.3 is 4.74 Å². The highest BCUT2D eigenvalue weighted by Gasteiger charge is 2.26. The van der Waals surface area contributed by atoms with E-state index < -0.39 is 15.9 Å². The summed E-state index contributed by atoms with van der Waals surface area (Å²) in [6.45, 7) is 2.73. The first-order chi connectivity index (χ1) is 14.8. The van der Waals surface area contributed by atoms with Gasteiger partial charge in [0.1, 0.15) is 0 Å². The van der Waals surface area contributed by atoms with Crippen LogP contribution in [0.25, 0.3) is 0 Å². The lowest BCUT2D eigenvalue weighted by Crippen LogP contribution is -2.32. The maximum absolute atomic E-state index is 13.1. The van der Waals surface area contributed by atoms with Crippen molar-refractivity contribution in [3.05, 3.63) is 29.3 Å². The highest BCUT2D eigenvalue weighted by molar-refractivity contribution is 8.01. The molecule has 168 valence electrons. The number of methoxy groups -OCH3 is 1. The number of ether oxygens (including phenoxy) is 1. The van der Waals surface area contributed by atoms with Gasteiger partial charge in [0.15, 0.2) is 4.34 Å². The first-order valence-corrected chi connectivity index (χ1v) is 13.0. The molecule has 0 aliphatic carbocycles. The van der Waals surface area contributed by atoms with Gasteiger partial charge in [-0.3, -0.25) is 14.9 Å². The van der Waals surface area contributed by atoms with Crippen molar-refractivity contribution in [2.24, 2.45) is 0 Å². The first kappa shape index (κ1) is 23.6. The fraction of sp³-hybridized carbons (Fsp3) is 0.474. The Morgan fingerprint density at radius 2 is 1.90 bits per heavy atom. The Morgan fingerprint density at radius 3 is 2.58 bits per heavy atom. The van der Waals surface area contributed by atoms with E-state index in [1.807, 2.05) is 0 Å². The van der Waals surface area contributed by atoms with Crippen LogP contribution in [0.1, 0.15) is 41.6 Å². The Morgan fingerprint density at radius 1 is 1.19 bits per heavy atom. The van der Waals surface area contributed by atoms with Crippen molar-refractivity contribution in [1.29, 1.82) is 0 Å². The van der Waals surface area contributed by atoms with Crippen LogP contribution in [0.2, 0.25) is 0 Å². The lowest BCUT2D eigenvalue weighted by molar-refractivity contribution is -0.137. The summed E-state index contributed by atoms with van der Waals surface area (Å²) in [6, 6.07) is 4.59. The van der Waals surface area contributed by atoms with Gasteiger partial charge in [-0.05, 0) is 37.5 Å². The summed E-state index contributed by atoms with van der Waals surface area (Å²) in [5.74, 6) is -0.760. The Balaban J connectivity index is 1.74. The Bertz CT molecular complexity index is 1050. The van der Waals surface area contributed by atoms with Crippen LogP contribution >= 0.6 is 23.1 Å². The maximum atomic E-state index is 13.1. The molecule has 12 heteroatoms. The molecule has 0 radical (unpaired) electrons. The molecule has 3 rings (SSSR count). The van der Waals surface area contributed by atoms with Crippen molar-refractivity contribution in [2.45, 2.75) is 41.8 Å². The summed E-state index contributed by atoms with van der Waals surface area (Å²) in [6.07, 6.45) is 3.72. The van der Waals surface area contributed by atoms with Gasteiger partial charge >= 0.3 is 5.97 Å². The van der Waals surface area contributed by atoms with E-state index in [0.29, 0.717) is 23.0 Å². The number of hydrogen-bond acceptors (Lipinski definition) is 9. The molecule has 1 saturated heterocycles. The third-order valence-corrected chi connectivity index (χ3v) is 8.66. The molecule has 1 fully saturated rings. The highest BCUT2D eigenvalue weighted by Crippen LogP contribution is 2.27. The van der Waals surface area contributed by atoms with E-state index in [4.69, 9.17) is 0 Å². The number of anilines is 1. The number of nitrogens with one attached hydrogen (secondary N) is 1. The standard InChI is InChI=1S/C19H24N4O5S3/c1-13-7-8-14(31(26,27)23-9-5-3-4-6-10-23)11-15(13)17(25)20-18-21-22-19(30-18)29-12-16(24)28-2/h7-8,11H,3-6,9-10,12H2,1-2H3,(H,20,21,25).